The minimum absolute atomic E-state index is 0.234. The van der Waals surface area contributed by atoms with E-state index in [1.54, 1.807) is 0 Å². The Hall–Kier alpha value is -4.03. The van der Waals surface area contributed by atoms with E-state index in [2.05, 4.69) is 138 Å². The molecule has 10 heteroatoms. The van der Waals surface area contributed by atoms with Gasteiger partial charge in [-0.3, -0.25) is 5.04 Å². The van der Waals surface area contributed by atoms with Crippen molar-refractivity contribution in [2.24, 2.45) is 0 Å². The van der Waals surface area contributed by atoms with Crippen LogP contribution in [0.1, 0.15) is 95.8 Å². The summed E-state index contributed by atoms with van der Waals surface area (Å²) in [5, 5.41) is 19.0. The third-order valence-electron chi connectivity index (χ3n) is 12.7. The summed E-state index contributed by atoms with van der Waals surface area (Å²) < 4.78 is 42.2. The molecule has 0 unspecified atom stereocenters. The van der Waals surface area contributed by atoms with E-state index in [9.17, 15) is 18.2 Å². The fourth-order valence-electron chi connectivity index (χ4n) is 10.6. The van der Waals surface area contributed by atoms with Crippen LogP contribution in [0.4, 0.5) is 11.4 Å². The summed E-state index contributed by atoms with van der Waals surface area (Å²) >= 11 is 1.05. The molecule has 4 aromatic rings. The summed E-state index contributed by atoms with van der Waals surface area (Å²) in [6, 6.07) is 24.0. The van der Waals surface area contributed by atoms with Crippen molar-refractivity contribution in [3.63, 3.8) is 0 Å². The molecule has 4 aromatic carbocycles. The van der Waals surface area contributed by atoms with Gasteiger partial charge in [0, 0.05) is 70.5 Å². The van der Waals surface area contributed by atoms with E-state index in [1.165, 1.54) is 77.6 Å². The number of hydrogen-bond donors (Lipinski definition) is 0. The van der Waals surface area contributed by atoms with Gasteiger partial charge in [0.1, 0.15) is 6.54 Å². The van der Waals surface area contributed by atoms with Crippen molar-refractivity contribution in [3.8, 4) is 0 Å². The molecule has 2 aliphatic carbocycles. The van der Waals surface area contributed by atoms with Gasteiger partial charge in [0.05, 0.1) is 15.5 Å². The van der Waals surface area contributed by atoms with Crippen LogP contribution in [0.25, 0.3) is 21.5 Å². The molecule has 2 aliphatic heterocycles. The van der Waals surface area contributed by atoms with E-state index >= 15 is 0 Å². The number of nitrogens with zero attached hydrogens (tertiary/aromatic N) is 2. The Morgan fingerprint density at radius 2 is 1.64 bits per heavy atom. The summed E-state index contributed by atoms with van der Waals surface area (Å²) in [6.07, 6.45) is 14.4. The Morgan fingerprint density at radius 1 is 0.845 bits per heavy atom. The first kappa shape index (κ1) is 40.7. The molecule has 2 heterocycles. The van der Waals surface area contributed by atoms with Crippen LogP contribution in [0, 0.1) is 6.92 Å². The van der Waals surface area contributed by atoms with Crippen LogP contribution >= 0.6 is 12.0 Å². The first-order valence-corrected chi connectivity index (χ1v) is 23.1. The summed E-state index contributed by atoms with van der Waals surface area (Å²) in [5.41, 5.74) is 13.6. The minimum Gasteiger partial charge on any atom is -0.748 e. The van der Waals surface area contributed by atoms with Gasteiger partial charge in [0.2, 0.25) is 5.69 Å². The molecule has 0 radical (unpaired) electrons. The van der Waals surface area contributed by atoms with Gasteiger partial charge in [-0.05, 0) is 133 Å². The van der Waals surface area contributed by atoms with Gasteiger partial charge < -0.3 is 14.7 Å². The van der Waals surface area contributed by atoms with Crippen molar-refractivity contribution in [1.29, 1.82) is 0 Å². The van der Waals surface area contributed by atoms with Crippen molar-refractivity contribution in [3.05, 3.63) is 130 Å². The smallest absolute Gasteiger partial charge is 0.210 e. The van der Waals surface area contributed by atoms with E-state index in [0.717, 1.165) is 69.2 Å². The Morgan fingerprint density at radius 3 is 2.45 bits per heavy atom. The predicted octanol–water partition coefficient (Wildman–Crippen LogP) is 10.1. The average molecular weight is 818 g/mol. The van der Waals surface area contributed by atoms with Gasteiger partial charge in [-0.15, -0.1) is 0 Å². The molecule has 0 amide bonds. The van der Waals surface area contributed by atoms with Crippen LogP contribution in [-0.4, -0.2) is 47.9 Å². The number of fused-ring (bicyclic) bond motifs is 6. The largest absolute Gasteiger partial charge is 0.748 e. The SMILES string of the molecule is Cc1cccc2c3c(ccc12)[N+](CCCSOO[O-])=C(C1=C/C(=C/C2=CC(=C4/N(CCCS(=O)(=O)[O-])c5ccc6ccccc6c5C4(C)C)/CCC2)CCC1)C3(C)C. The Balaban J connectivity index is 1.19. The number of hydrogen-bond acceptors (Lipinski definition) is 8. The van der Waals surface area contributed by atoms with Crippen molar-refractivity contribution < 1.29 is 32.2 Å². The van der Waals surface area contributed by atoms with E-state index in [-0.39, 0.29) is 23.0 Å². The van der Waals surface area contributed by atoms with Crippen LogP contribution in [0.15, 0.2) is 113 Å². The minimum atomic E-state index is -4.32. The number of allylic oxidation sites excluding steroid dienone is 8. The van der Waals surface area contributed by atoms with Gasteiger partial charge in [-0.1, -0.05) is 74.5 Å². The molecular formula is C48H53N2O6S2-. The zero-order valence-corrected chi connectivity index (χ0v) is 35.9. The van der Waals surface area contributed by atoms with Crippen LogP contribution in [-0.2, 0) is 30.3 Å². The summed E-state index contributed by atoms with van der Waals surface area (Å²) in [4.78, 5) is 2.31. The molecule has 8 rings (SSSR count). The maximum atomic E-state index is 11.7. The topological polar surface area (TPSA) is 105 Å². The monoisotopic (exact) mass is 817 g/mol. The molecular weight excluding hydrogens is 765 g/mol. The number of benzene rings is 4. The van der Waals surface area contributed by atoms with E-state index in [0.29, 0.717) is 12.3 Å². The maximum Gasteiger partial charge on any atom is 0.210 e. The third-order valence-corrected chi connectivity index (χ3v) is 14.1. The highest BCUT2D eigenvalue weighted by molar-refractivity contribution is 7.94. The van der Waals surface area contributed by atoms with E-state index < -0.39 is 10.1 Å². The number of anilines is 1. The maximum absolute atomic E-state index is 11.7. The van der Waals surface area contributed by atoms with Crippen LogP contribution in [0.3, 0.4) is 0 Å². The molecule has 0 saturated heterocycles. The van der Waals surface area contributed by atoms with Crippen molar-refractivity contribution in [1.82, 2.24) is 0 Å². The second kappa shape index (κ2) is 16.2. The van der Waals surface area contributed by atoms with Crippen molar-refractivity contribution >= 4 is 60.8 Å². The van der Waals surface area contributed by atoms with Crippen LogP contribution in [0.5, 0.6) is 0 Å². The lowest BCUT2D eigenvalue weighted by atomic mass is 9.74. The lowest BCUT2D eigenvalue weighted by Gasteiger charge is -2.31. The van der Waals surface area contributed by atoms with Crippen molar-refractivity contribution in [2.75, 3.05) is 29.5 Å². The summed E-state index contributed by atoms with van der Waals surface area (Å²) in [6.45, 7) is 12.8. The van der Waals surface area contributed by atoms with Gasteiger partial charge in [0.15, 0.2) is 5.71 Å². The molecule has 4 aliphatic rings. The fourth-order valence-corrected chi connectivity index (χ4v) is 11.4. The predicted molar refractivity (Wildman–Crippen MR) is 233 cm³/mol. The summed E-state index contributed by atoms with van der Waals surface area (Å²) in [5.74, 6) is 0.257. The fraction of sp³-hybridized carbons (Fsp3) is 0.396. The van der Waals surface area contributed by atoms with Crippen LogP contribution < -0.4 is 10.2 Å². The Bertz CT molecular complexity index is 2560. The Kier molecular flexibility index (Phi) is 11.4. The van der Waals surface area contributed by atoms with Crippen molar-refractivity contribution in [2.45, 2.75) is 96.8 Å². The molecule has 0 saturated carbocycles. The zero-order chi connectivity index (χ0) is 40.8. The first-order chi connectivity index (χ1) is 27.8. The highest BCUT2D eigenvalue weighted by Crippen LogP contribution is 2.53. The molecule has 0 aromatic heterocycles. The molecule has 0 N–H and O–H groups in total. The molecule has 0 fully saturated rings. The molecule has 0 bridgehead atoms. The van der Waals surface area contributed by atoms with Gasteiger partial charge >= 0.3 is 0 Å². The standard InChI is InChI=1S/C48H54N2O6S2/c1-32-13-8-20-40-38(32)22-24-42-44(40)48(4,5)46(49(42)25-11-27-57-56-55-51)37-18-10-15-34(31-37)29-33-14-9-17-36(30-33)45-47(2,3)43-39-19-7-6-16-35(39)21-23-41(43)50(45)26-12-28-58(52,53)54/h6-8,13,16,19-24,29-31H,9-12,14-15,17-18,25-28H2,1-5H3,(H-,51,52,53,54)/p-1. The van der Waals surface area contributed by atoms with E-state index in [4.69, 9.17) is 0 Å². The first-order valence-electron chi connectivity index (χ1n) is 20.6. The molecule has 304 valence electrons. The number of aryl methyl sites for hydroxylation is 1. The lowest BCUT2D eigenvalue weighted by Crippen LogP contribution is -2.32. The molecule has 8 nitrogen and oxygen atoms in total. The Labute approximate surface area is 347 Å². The molecule has 0 spiro atoms. The summed E-state index contributed by atoms with van der Waals surface area (Å²) in [7, 11) is -4.32. The van der Waals surface area contributed by atoms with Gasteiger partial charge in [-0.25, -0.2) is 8.42 Å². The normalized spacial score (nSPS) is 20.9. The van der Waals surface area contributed by atoms with Gasteiger partial charge in [0.25, 0.3) is 0 Å². The second-order valence-electron chi connectivity index (χ2n) is 17.3. The second-order valence-corrected chi connectivity index (χ2v) is 19.6. The average Bonchev–Trinajstić information content (AvgIpc) is 3.56. The quantitative estimate of drug-likeness (QED) is 0.0348. The van der Waals surface area contributed by atoms with Gasteiger partial charge in [-0.2, -0.15) is 8.91 Å². The third kappa shape index (κ3) is 7.64. The van der Waals surface area contributed by atoms with Crippen LogP contribution in [0.2, 0.25) is 0 Å². The number of rotatable bonds is 12. The lowest BCUT2D eigenvalue weighted by molar-refractivity contribution is -0.777. The molecule has 0 atom stereocenters. The highest BCUT2D eigenvalue weighted by atomic mass is 32.2. The highest BCUT2D eigenvalue weighted by Gasteiger charge is 2.48. The zero-order valence-electron chi connectivity index (χ0n) is 34.2. The molecule has 58 heavy (non-hydrogen) atoms. The van der Waals surface area contributed by atoms with E-state index in [1.807, 2.05) is 0 Å².